The maximum absolute atomic E-state index is 13.4. The van der Waals surface area contributed by atoms with Gasteiger partial charge in [0, 0.05) is 18.8 Å². The molecule has 1 amide bonds. The Kier molecular flexibility index (Phi) is 7.16. The van der Waals surface area contributed by atoms with Crippen molar-refractivity contribution in [2.45, 2.75) is 6.54 Å². The van der Waals surface area contributed by atoms with Gasteiger partial charge in [-0.1, -0.05) is 42.5 Å². The molecule has 0 radical (unpaired) electrons. The van der Waals surface area contributed by atoms with E-state index >= 15 is 0 Å². The first-order chi connectivity index (χ1) is 17.6. The maximum Gasteiger partial charge on any atom is 0.335 e. The molecule has 1 N–H and O–H groups in total. The molecule has 2 saturated heterocycles. The van der Waals surface area contributed by atoms with Crippen molar-refractivity contribution >= 4 is 46.3 Å². The van der Waals surface area contributed by atoms with Gasteiger partial charge in [0.15, 0.2) is 5.17 Å². The number of carbonyl (C=O) groups is 2. The number of para-hydroxylation sites is 1. The minimum absolute atomic E-state index is 0.130. The zero-order valence-electron chi connectivity index (χ0n) is 19.5. The Hall–Kier alpha value is -3.88. The fraction of sp³-hybridized carbons (Fsp3) is 0.179. The highest BCUT2D eigenvalue weighted by atomic mass is 32.2. The number of rotatable bonds is 6. The SMILES string of the molecule is O=C(O)c1ccc(CN2C(=O)/C(=C/c3ccc(N4CCOCC4)cc3)SC2=Nc2ccccc2)cc1. The lowest BCUT2D eigenvalue weighted by atomic mass is 10.1. The van der Waals surface area contributed by atoms with Crippen LogP contribution in [0.15, 0.2) is 88.8 Å². The van der Waals surface area contributed by atoms with Gasteiger partial charge in [-0.3, -0.25) is 9.69 Å². The van der Waals surface area contributed by atoms with Gasteiger partial charge in [-0.05, 0) is 65.4 Å². The molecule has 2 aliphatic rings. The number of carboxylic acids is 1. The predicted molar refractivity (Wildman–Crippen MR) is 143 cm³/mol. The molecule has 3 aromatic rings. The van der Waals surface area contributed by atoms with Crippen LogP contribution in [0, 0.1) is 0 Å². The van der Waals surface area contributed by atoms with Crippen LogP contribution in [0.2, 0.25) is 0 Å². The third kappa shape index (κ3) is 5.50. The minimum Gasteiger partial charge on any atom is -0.478 e. The zero-order valence-corrected chi connectivity index (χ0v) is 20.4. The number of amidine groups is 1. The van der Waals surface area contributed by atoms with Crippen LogP contribution >= 0.6 is 11.8 Å². The molecule has 0 aromatic heterocycles. The molecule has 0 bridgehead atoms. The molecule has 0 spiro atoms. The second kappa shape index (κ2) is 10.8. The van der Waals surface area contributed by atoms with Gasteiger partial charge in [0.1, 0.15) is 0 Å². The van der Waals surface area contributed by atoms with Crippen molar-refractivity contribution in [1.82, 2.24) is 4.90 Å². The van der Waals surface area contributed by atoms with E-state index in [1.165, 1.54) is 11.8 Å². The number of thioether (sulfide) groups is 1. The number of carboxylic acid groups (broad SMARTS) is 1. The summed E-state index contributed by atoms with van der Waals surface area (Å²) in [5, 5.41) is 9.76. The summed E-state index contributed by atoms with van der Waals surface area (Å²) in [4.78, 5) is 33.9. The number of carbonyl (C=O) groups excluding carboxylic acids is 1. The van der Waals surface area contributed by atoms with E-state index in [9.17, 15) is 14.7 Å². The van der Waals surface area contributed by atoms with Crippen molar-refractivity contribution in [3.05, 3.63) is 100 Å². The van der Waals surface area contributed by atoms with Gasteiger partial charge in [-0.2, -0.15) is 0 Å². The zero-order chi connectivity index (χ0) is 24.9. The standard InChI is InChI=1S/C28H25N3O4S/c32-26-25(18-20-8-12-24(13-9-20)30-14-16-35-17-15-30)36-28(29-23-4-2-1-3-5-23)31(26)19-21-6-10-22(11-7-21)27(33)34/h1-13,18H,14-17,19H2,(H,33,34)/b25-18-,29-28?. The van der Waals surface area contributed by atoms with Gasteiger partial charge in [0.25, 0.3) is 5.91 Å². The van der Waals surface area contributed by atoms with Crippen molar-refractivity contribution in [3.63, 3.8) is 0 Å². The summed E-state index contributed by atoms with van der Waals surface area (Å²) in [7, 11) is 0. The lowest BCUT2D eigenvalue weighted by Crippen LogP contribution is -2.36. The van der Waals surface area contributed by atoms with Crippen molar-refractivity contribution < 1.29 is 19.4 Å². The number of nitrogens with zero attached hydrogens (tertiary/aromatic N) is 3. The van der Waals surface area contributed by atoms with Crippen LogP contribution in [0.3, 0.4) is 0 Å². The van der Waals surface area contributed by atoms with E-state index in [1.54, 1.807) is 29.2 Å². The van der Waals surface area contributed by atoms with Crippen molar-refractivity contribution in [2.75, 3.05) is 31.2 Å². The van der Waals surface area contributed by atoms with Gasteiger partial charge in [0.05, 0.1) is 35.9 Å². The van der Waals surface area contributed by atoms with Crippen LogP contribution in [0.25, 0.3) is 6.08 Å². The number of hydrogen-bond acceptors (Lipinski definition) is 6. The van der Waals surface area contributed by atoms with Crippen LogP contribution < -0.4 is 4.90 Å². The Morgan fingerprint density at radius 2 is 1.67 bits per heavy atom. The molecule has 0 saturated carbocycles. The molecule has 182 valence electrons. The molecule has 3 aromatic carbocycles. The van der Waals surface area contributed by atoms with E-state index in [4.69, 9.17) is 9.73 Å². The highest BCUT2D eigenvalue weighted by molar-refractivity contribution is 8.18. The average molecular weight is 500 g/mol. The van der Waals surface area contributed by atoms with Gasteiger partial charge < -0.3 is 14.7 Å². The topological polar surface area (TPSA) is 82.4 Å². The van der Waals surface area contributed by atoms with Crippen LogP contribution in [-0.2, 0) is 16.1 Å². The van der Waals surface area contributed by atoms with Crippen LogP contribution in [0.1, 0.15) is 21.5 Å². The summed E-state index contributed by atoms with van der Waals surface area (Å²) in [5.41, 5.74) is 3.87. The number of anilines is 1. The number of amides is 1. The third-order valence-corrected chi connectivity index (χ3v) is 6.98. The molecule has 36 heavy (non-hydrogen) atoms. The Bertz CT molecular complexity index is 1300. The highest BCUT2D eigenvalue weighted by Gasteiger charge is 2.33. The second-order valence-corrected chi connectivity index (χ2v) is 9.43. The molecular formula is C28H25N3O4S. The smallest absolute Gasteiger partial charge is 0.335 e. The van der Waals surface area contributed by atoms with Crippen molar-refractivity contribution in [1.29, 1.82) is 0 Å². The number of hydrogen-bond donors (Lipinski definition) is 1. The summed E-state index contributed by atoms with van der Waals surface area (Å²) in [6.07, 6.45) is 1.89. The largest absolute Gasteiger partial charge is 0.478 e. The number of aliphatic imine (C=N–C) groups is 1. The van der Waals surface area contributed by atoms with Gasteiger partial charge in [0.2, 0.25) is 0 Å². The first-order valence-electron chi connectivity index (χ1n) is 11.7. The number of benzene rings is 3. The average Bonchev–Trinajstić information content (AvgIpc) is 3.19. The second-order valence-electron chi connectivity index (χ2n) is 8.42. The highest BCUT2D eigenvalue weighted by Crippen LogP contribution is 2.35. The van der Waals surface area contributed by atoms with Gasteiger partial charge in [-0.25, -0.2) is 9.79 Å². The molecule has 2 heterocycles. The van der Waals surface area contributed by atoms with Gasteiger partial charge >= 0.3 is 5.97 Å². The van der Waals surface area contributed by atoms with E-state index < -0.39 is 5.97 Å². The fourth-order valence-corrected chi connectivity index (χ4v) is 5.03. The third-order valence-electron chi connectivity index (χ3n) is 5.98. The maximum atomic E-state index is 13.4. The molecule has 2 aliphatic heterocycles. The Labute approximate surface area is 213 Å². The molecule has 7 nitrogen and oxygen atoms in total. The van der Waals surface area contributed by atoms with E-state index in [-0.39, 0.29) is 11.5 Å². The minimum atomic E-state index is -0.981. The summed E-state index contributed by atoms with van der Waals surface area (Å²) in [6.45, 7) is 3.50. The van der Waals surface area contributed by atoms with E-state index in [1.807, 2.05) is 48.5 Å². The van der Waals surface area contributed by atoms with Crippen LogP contribution in [-0.4, -0.2) is 53.4 Å². The Balaban J connectivity index is 1.40. The molecule has 0 unspecified atom stereocenters. The van der Waals surface area contributed by atoms with Crippen LogP contribution in [0.5, 0.6) is 0 Å². The number of aromatic carboxylic acids is 1. The summed E-state index contributed by atoms with van der Waals surface area (Å²) in [5.74, 6) is -1.11. The van der Waals surface area contributed by atoms with Gasteiger partial charge in [-0.15, -0.1) is 0 Å². The summed E-state index contributed by atoms with van der Waals surface area (Å²) >= 11 is 1.34. The lowest BCUT2D eigenvalue weighted by Gasteiger charge is -2.28. The molecule has 0 atom stereocenters. The lowest BCUT2D eigenvalue weighted by molar-refractivity contribution is -0.122. The van der Waals surface area contributed by atoms with E-state index in [0.717, 1.165) is 48.8 Å². The molecular weight excluding hydrogens is 474 g/mol. The Morgan fingerprint density at radius 1 is 0.972 bits per heavy atom. The number of morpholine rings is 1. The molecule has 5 rings (SSSR count). The quantitative estimate of drug-likeness (QED) is 0.480. The normalized spacial score (nSPS) is 18.3. The molecule has 2 fully saturated rings. The fourth-order valence-electron chi connectivity index (χ4n) is 4.03. The van der Waals surface area contributed by atoms with Crippen LogP contribution in [0.4, 0.5) is 11.4 Å². The molecule has 0 aliphatic carbocycles. The summed E-state index contributed by atoms with van der Waals surface area (Å²) in [6, 6.07) is 24.3. The molecule has 8 heteroatoms. The van der Waals surface area contributed by atoms with Crippen molar-refractivity contribution in [3.8, 4) is 0 Å². The van der Waals surface area contributed by atoms with E-state index in [0.29, 0.717) is 16.6 Å². The summed E-state index contributed by atoms with van der Waals surface area (Å²) < 4.78 is 5.43. The van der Waals surface area contributed by atoms with Crippen molar-refractivity contribution in [2.24, 2.45) is 4.99 Å². The number of ether oxygens (including phenoxy) is 1. The van der Waals surface area contributed by atoms with E-state index in [2.05, 4.69) is 17.0 Å². The monoisotopic (exact) mass is 499 g/mol. The first-order valence-corrected chi connectivity index (χ1v) is 12.5. The Morgan fingerprint density at radius 3 is 2.33 bits per heavy atom. The first kappa shape index (κ1) is 23.8. The predicted octanol–water partition coefficient (Wildman–Crippen LogP) is 5.03.